The largest absolute Gasteiger partial charge is 0.436 e. The number of hydrazine groups is 1. The summed E-state index contributed by atoms with van der Waals surface area (Å²) in [5.41, 5.74) is 3.30. The number of hydrogen-bond donors (Lipinski definition) is 2. The predicted molar refractivity (Wildman–Crippen MR) is 70.4 cm³/mol. The van der Waals surface area contributed by atoms with Crippen LogP contribution in [0.4, 0.5) is 4.39 Å². The van der Waals surface area contributed by atoms with E-state index in [9.17, 15) is 4.39 Å². The molecule has 0 aliphatic carbocycles. The van der Waals surface area contributed by atoms with Gasteiger partial charge in [0.1, 0.15) is 0 Å². The average molecular weight is 249 g/mol. The topological polar surface area (TPSA) is 59.6 Å². The van der Waals surface area contributed by atoms with Crippen molar-refractivity contribution in [3.8, 4) is 5.75 Å². The van der Waals surface area contributed by atoms with Crippen molar-refractivity contribution in [2.75, 3.05) is 0 Å². The van der Waals surface area contributed by atoms with E-state index in [0.29, 0.717) is 0 Å². The lowest BCUT2D eigenvalue weighted by molar-refractivity contribution is 0.493. The minimum atomic E-state index is -0.437. The molecule has 0 unspecified atom stereocenters. The molecule has 1 aromatic rings. The van der Waals surface area contributed by atoms with Crippen LogP contribution in [-0.2, 0) is 0 Å². The number of nitrogens with one attached hydrogen (secondary N) is 1. The zero-order valence-electron chi connectivity index (χ0n) is 10.4. The molecule has 0 aliphatic heterocycles. The van der Waals surface area contributed by atoms with Crippen molar-refractivity contribution < 1.29 is 9.13 Å². The summed E-state index contributed by atoms with van der Waals surface area (Å²) in [5, 5.41) is 0. The fourth-order valence-electron chi connectivity index (χ4n) is 1.13. The number of hydrogen-bond acceptors (Lipinski definition) is 4. The van der Waals surface area contributed by atoms with Gasteiger partial charge in [-0.15, -0.1) is 0 Å². The van der Waals surface area contributed by atoms with Crippen molar-refractivity contribution in [2.45, 2.75) is 13.8 Å². The van der Waals surface area contributed by atoms with Gasteiger partial charge in [0.2, 0.25) is 5.90 Å². The zero-order valence-corrected chi connectivity index (χ0v) is 10.4. The first-order valence-electron chi connectivity index (χ1n) is 5.39. The monoisotopic (exact) mass is 249 g/mol. The van der Waals surface area contributed by atoms with Gasteiger partial charge in [0, 0.05) is 12.4 Å². The number of para-hydroxylation sites is 1. The van der Waals surface area contributed by atoms with Crippen LogP contribution < -0.4 is 16.0 Å². The number of nitrogens with zero attached hydrogens (tertiary/aromatic N) is 1. The highest BCUT2D eigenvalue weighted by atomic mass is 19.1. The van der Waals surface area contributed by atoms with Crippen LogP contribution in [0.3, 0.4) is 0 Å². The molecule has 18 heavy (non-hydrogen) atoms. The summed E-state index contributed by atoms with van der Waals surface area (Å²) in [6.45, 7) is 3.79. The molecule has 5 heteroatoms. The summed E-state index contributed by atoms with van der Waals surface area (Å²) < 4.78 is 18.8. The zero-order chi connectivity index (χ0) is 13.4. The lowest BCUT2D eigenvalue weighted by Crippen LogP contribution is -2.13. The number of benzene rings is 1. The van der Waals surface area contributed by atoms with E-state index in [0.717, 1.165) is 5.57 Å². The van der Waals surface area contributed by atoms with Crippen LogP contribution in [0.5, 0.6) is 5.75 Å². The molecule has 0 saturated heterocycles. The number of rotatable bonds is 4. The number of allylic oxidation sites excluding steroid dienone is 1. The van der Waals surface area contributed by atoms with E-state index in [1.807, 2.05) is 13.8 Å². The number of ether oxygens (including phenoxy) is 1. The summed E-state index contributed by atoms with van der Waals surface area (Å²) in [6.07, 6.45) is 4.56. The Morgan fingerprint density at radius 2 is 2.11 bits per heavy atom. The highest BCUT2D eigenvalue weighted by Crippen LogP contribution is 2.16. The molecule has 0 heterocycles. The lowest BCUT2D eigenvalue weighted by Gasteiger charge is -2.06. The van der Waals surface area contributed by atoms with Gasteiger partial charge in [0.15, 0.2) is 11.6 Å². The van der Waals surface area contributed by atoms with Gasteiger partial charge < -0.3 is 10.2 Å². The minimum absolute atomic E-state index is 0.128. The van der Waals surface area contributed by atoms with E-state index in [2.05, 4.69) is 10.4 Å². The van der Waals surface area contributed by atoms with Crippen LogP contribution in [0.15, 0.2) is 53.3 Å². The van der Waals surface area contributed by atoms with Gasteiger partial charge in [-0.1, -0.05) is 17.7 Å². The summed E-state index contributed by atoms with van der Waals surface area (Å²) in [6, 6.07) is 6.15. The summed E-state index contributed by atoms with van der Waals surface area (Å²) in [7, 11) is 0. The first kappa shape index (κ1) is 13.9. The maximum atomic E-state index is 13.4. The summed E-state index contributed by atoms with van der Waals surface area (Å²) >= 11 is 0. The Bertz CT molecular complexity index is 477. The molecule has 0 radical (unpaired) electrons. The van der Waals surface area contributed by atoms with E-state index in [1.54, 1.807) is 18.2 Å². The molecule has 0 fully saturated rings. The molecular weight excluding hydrogens is 233 g/mol. The van der Waals surface area contributed by atoms with Gasteiger partial charge in [-0.3, -0.25) is 5.84 Å². The molecule has 3 N–H and O–H groups in total. The van der Waals surface area contributed by atoms with E-state index < -0.39 is 5.82 Å². The highest BCUT2D eigenvalue weighted by Gasteiger charge is 2.04. The van der Waals surface area contributed by atoms with E-state index in [-0.39, 0.29) is 11.6 Å². The predicted octanol–water partition coefficient (Wildman–Crippen LogP) is 2.50. The van der Waals surface area contributed by atoms with Crippen molar-refractivity contribution in [1.29, 1.82) is 0 Å². The van der Waals surface area contributed by atoms with Crippen molar-refractivity contribution in [3.05, 3.63) is 54.1 Å². The van der Waals surface area contributed by atoms with Crippen molar-refractivity contribution in [3.63, 3.8) is 0 Å². The molecule has 0 aromatic heterocycles. The number of nitrogens with two attached hydrogens (primary N) is 1. The second kappa shape index (κ2) is 7.24. The standard InChI is InChI=1S/C13H16FN3O/c1-10(2)9-13(16-7-8-17-15)18-12-6-4-3-5-11(12)14/h3-9,17H,15H2,1-2H3/b8-7+,16-13?. The smallest absolute Gasteiger partial charge is 0.219 e. The molecule has 0 spiro atoms. The molecule has 1 rings (SSSR count). The molecule has 0 amide bonds. The number of aliphatic imine (C=N–C) groups is 1. The Labute approximate surface area is 106 Å². The van der Waals surface area contributed by atoms with E-state index in [4.69, 9.17) is 10.6 Å². The Morgan fingerprint density at radius 1 is 1.39 bits per heavy atom. The minimum Gasteiger partial charge on any atom is -0.436 e. The molecule has 0 saturated carbocycles. The third-order valence-electron chi connectivity index (χ3n) is 1.84. The van der Waals surface area contributed by atoms with Gasteiger partial charge in [0.05, 0.1) is 0 Å². The van der Waals surface area contributed by atoms with Crippen LogP contribution in [0, 0.1) is 5.82 Å². The second-order valence-corrected chi connectivity index (χ2v) is 3.70. The maximum Gasteiger partial charge on any atom is 0.219 e. The molecule has 0 aliphatic rings. The summed E-state index contributed by atoms with van der Waals surface area (Å²) in [4.78, 5) is 4.02. The maximum absolute atomic E-state index is 13.4. The van der Waals surface area contributed by atoms with Gasteiger partial charge >= 0.3 is 0 Å². The van der Waals surface area contributed by atoms with Gasteiger partial charge in [-0.2, -0.15) is 0 Å². The third kappa shape index (κ3) is 4.80. The van der Waals surface area contributed by atoms with Gasteiger partial charge in [-0.25, -0.2) is 9.38 Å². The van der Waals surface area contributed by atoms with Crippen LogP contribution >= 0.6 is 0 Å². The molecule has 96 valence electrons. The normalized spacial score (nSPS) is 11.4. The van der Waals surface area contributed by atoms with Crippen LogP contribution in [0.2, 0.25) is 0 Å². The first-order chi connectivity index (χ1) is 8.63. The fraction of sp³-hybridized carbons (Fsp3) is 0.154. The lowest BCUT2D eigenvalue weighted by atomic mass is 10.3. The van der Waals surface area contributed by atoms with Crippen molar-refractivity contribution >= 4 is 5.90 Å². The Balaban J connectivity index is 2.92. The van der Waals surface area contributed by atoms with E-state index in [1.165, 1.54) is 24.5 Å². The van der Waals surface area contributed by atoms with Gasteiger partial charge in [-0.05, 0) is 32.1 Å². The molecule has 1 aromatic carbocycles. The second-order valence-electron chi connectivity index (χ2n) is 3.70. The van der Waals surface area contributed by atoms with Crippen molar-refractivity contribution in [1.82, 2.24) is 5.43 Å². The van der Waals surface area contributed by atoms with Crippen LogP contribution in [0.1, 0.15) is 13.8 Å². The van der Waals surface area contributed by atoms with E-state index >= 15 is 0 Å². The quantitative estimate of drug-likeness (QED) is 0.373. The highest BCUT2D eigenvalue weighted by molar-refractivity contribution is 5.90. The third-order valence-corrected chi connectivity index (χ3v) is 1.84. The fourth-order valence-corrected chi connectivity index (χ4v) is 1.13. The van der Waals surface area contributed by atoms with Crippen molar-refractivity contribution in [2.24, 2.45) is 10.8 Å². The Kier molecular flexibility index (Phi) is 5.60. The SMILES string of the molecule is CC(C)=CC(=N/C=C/NN)Oc1ccccc1F. The first-order valence-corrected chi connectivity index (χ1v) is 5.39. The number of halogens is 1. The van der Waals surface area contributed by atoms with Crippen LogP contribution in [-0.4, -0.2) is 5.90 Å². The summed E-state index contributed by atoms with van der Waals surface area (Å²) in [5.74, 6) is 5.05. The average Bonchev–Trinajstić information content (AvgIpc) is 2.31. The molecular formula is C13H16FN3O. The molecule has 4 nitrogen and oxygen atoms in total. The van der Waals surface area contributed by atoms with Crippen LogP contribution in [0.25, 0.3) is 0 Å². The Hall–Kier alpha value is -2.14. The van der Waals surface area contributed by atoms with Gasteiger partial charge in [0.25, 0.3) is 0 Å². The Morgan fingerprint density at radius 3 is 2.72 bits per heavy atom. The molecule has 0 bridgehead atoms. The molecule has 0 atom stereocenters.